The second-order valence-corrected chi connectivity index (χ2v) is 6.55. The first-order valence-electron chi connectivity index (χ1n) is 9.03. The Morgan fingerprint density at radius 2 is 1.54 bits per heavy atom. The Hall–Kier alpha value is -2.74. The smallest absolute Gasteiger partial charge is 0.426 e. The Morgan fingerprint density at radius 1 is 0.964 bits per heavy atom. The summed E-state index contributed by atoms with van der Waals surface area (Å²) in [5.41, 5.74) is 1.43. The summed E-state index contributed by atoms with van der Waals surface area (Å²) in [6.45, 7) is 1.78. The van der Waals surface area contributed by atoms with E-state index in [-0.39, 0.29) is 6.54 Å². The van der Waals surface area contributed by atoms with Crippen molar-refractivity contribution in [2.24, 2.45) is 0 Å². The molecule has 1 heterocycles. The Kier molecular flexibility index (Phi) is 6.41. The maximum absolute atomic E-state index is 13.4. The molecule has 150 valence electrons. The summed E-state index contributed by atoms with van der Waals surface area (Å²) >= 11 is 0. The van der Waals surface area contributed by atoms with Crippen LogP contribution in [-0.2, 0) is 4.74 Å². The lowest BCUT2D eigenvalue weighted by molar-refractivity contribution is -0.206. The van der Waals surface area contributed by atoms with Crippen LogP contribution in [-0.4, -0.2) is 56.0 Å². The van der Waals surface area contributed by atoms with Crippen molar-refractivity contribution in [3.8, 4) is 0 Å². The van der Waals surface area contributed by atoms with Gasteiger partial charge in [0.15, 0.2) is 0 Å². The Bertz CT molecular complexity index is 748. The number of benzene rings is 2. The number of rotatable bonds is 5. The summed E-state index contributed by atoms with van der Waals surface area (Å²) in [6.07, 6.45) is -7.93. The zero-order valence-corrected chi connectivity index (χ0v) is 15.2. The van der Waals surface area contributed by atoms with Crippen LogP contribution in [0.5, 0.6) is 0 Å². The summed E-state index contributed by atoms with van der Waals surface area (Å²) in [6, 6.07) is 18.0. The minimum Gasteiger partial charge on any atom is -0.435 e. The van der Waals surface area contributed by atoms with E-state index in [0.717, 1.165) is 5.69 Å². The van der Waals surface area contributed by atoms with E-state index >= 15 is 0 Å². The normalized spacial score (nSPS) is 16.5. The van der Waals surface area contributed by atoms with Crippen LogP contribution in [0.1, 0.15) is 0 Å². The molecule has 0 unspecified atom stereocenters. The van der Waals surface area contributed by atoms with Crippen molar-refractivity contribution in [3.05, 3.63) is 60.7 Å². The van der Waals surface area contributed by atoms with E-state index in [2.05, 4.69) is 10.2 Å². The van der Waals surface area contributed by atoms with Crippen molar-refractivity contribution in [1.29, 1.82) is 0 Å². The van der Waals surface area contributed by atoms with Gasteiger partial charge < -0.3 is 9.64 Å². The highest BCUT2D eigenvalue weighted by atomic mass is 19.4. The van der Waals surface area contributed by atoms with Gasteiger partial charge in [-0.15, -0.1) is 0 Å². The summed E-state index contributed by atoms with van der Waals surface area (Å²) in [7, 11) is 0. The van der Waals surface area contributed by atoms with Gasteiger partial charge in [-0.3, -0.25) is 10.2 Å². The predicted molar refractivity (Wildman–Crippen MR) is 101 cm³/mol. The van der Waals surface area contributed by atoms with Crippen molar-refractivity contribution in [2.75, 3.05) is 42.9 Å². The third kappa shape index (κ3) is 5.63. The molecule has 0 bridgehead atoms. The number of para-hydroxylation sites is 2. The molecule has 0 saturated carbocycles. The third-order valence-corrected chi connectivity index (χ3v) is 4.55. The third-order valence-electron chi connectivity index (χ3n) is 4.55. The lowest BCUT2D eigenvalue weighted by Gasteiger charge is -2.37. The SMILES string of the molecule is O=C(Nc1ccccc1)O[C@@H](CN1CCN(c2ccccc2)CC1)C(F)(F)F. The Labute approximate surface area is 161 Å². The molecule has 1 aliphatic rings. The standard InChI is InChI=1S/C20H22F3N3O2/c21-20(22,23)18(28-19(27)24-16-7-3-1-4-8-16)15-25-11-13-26(14-12-25)17-9-5-2-6-10-17/h1-10,18H,11-15H2,(H,24,27)/t18-/m0/s1. The largest absolute Gasteiger partial charge is 0.435 e. The highest BCUT2D eigenvalue weighted by Gasteiger charge is 2.44. The van der Waals surface area contributed by atoms with Crippen LogP contribution in [0.2, 0.25) is 0 Å². The summed E-state index contributed by atoms with van der Waals surface area (Å²) in [4.78, 5) is 15.7. The average Bonchev–Trinajstić information content (AvgIpc) is 2.69. The van der Waals surface area contributed by atoms with Crippen LogP contribution in [0.15, 0.2) is 60.7 Å². The molecular formula is C20H22F3N3O2. The van der Waals surface area contributed by atoms with E-state index in [1.165, 1.54) is 0 Å². The molecule has 1 amide bonds. The maximum atomic E-state index is 13.4. The molecular weight excluding hydrogens is 371 g/mol. The first-order valence-corrected chi connectivity index (χ1v) is 9.03. The van der Waals surface area contributed by atoms with E-state index < -0.39 is 18.4 Å². The van der Waals surface area contributed by atoms with Gasteiger partial charge in [-0.05, 0) is 24.3 Å². The fourth-order valence-corrected chi connectivity index (χ4v) is 3.07. The van der Waals surface area contributed by atoms with Crippen LogP contribution in [0.25, 0.3) is 0 Å². The highest BCUT2D eigenvalue weighted by Crippen LogP contribution is 2.25. The number of nitrogens with zero attached hydrogens (tertiary/aromatic N) is 2. The minimum atomic E-state index is -4.63. The van der Waals surface area contributed by atoms with Gasteiger partial charge in [0.1, 0.15) is 0 Å². The number of nitrogens with one attached hydrogen (secondary N) is 1. The maximum Gasteiger partial charge on any atom is 0.426 e. The van der Waals surface area contributed by atoms with Crippen LogP contribution in [0.4, 0.5) is 29.3 Å². The molecule has 2 aromatic carbocycles. The molecule has 5 nitrogen and oxygen atoms in total. The zero-order chi connectivity index (χ0) is 20.0. The molecule has 8 heteroatoms. The number of amides is 1. The number of piperazine rings is 1. The van der Waals surface area contributed by atoms with Crippen LogP contribution < -0.4 is 10.2 Å². The molecule has 0 spiro atoms. The molecule has 0 aliphatic carbocycles. The number of ether oxygens (including phenoxy) is 1. The van der Waals surface area contributed by atoms with Gasteiger partial charge in [-0.25, -0.2) is 4.79 Å². The monoisotopic (exact) mass is 393 g/mol. The number of alkyl halides is 3. The Morgan fingerprint density at radius 3 is 2.11 bits per heavy atom. The number of hydrogen-bond donors (Lipinski definition) is 1. The van der Waals surface area contributed by atoms with Gasteiger partial charge in [-0.2, -0.15) is 13.2 Å². The molecule has 3 rings (SSSR count). The van der Waals surface area contributed by atoms with Crippen LogP contribution >= 0.6 is 0 Å². The van der Waals surface area contributed by atoms with Crippen molar-refractivity contribution in [3.63, 3.8) is 0 Å². The molecule has 28 heavy (non-hydrogen) atoms. The molecule has 1 fully saturated rings. The van der Waals surface area contributed by atoms with Crippen LogP contribution in [0.3, 0.4) is 0 Å². The van der Waals surface area contributed by atoms with E-state index in [0.29, 0.717) is 31.9 Å². The lowest BCUT2D eigenvalue weighted by Crippen LogP contribution is -2.52. The topological polar surface area (TPSA) is 44.8 Å². The second kappa shape index (κ2) is 8.97. The van der Waals surface area contributed by atoms with Crippen molar-refractivity contribution in [1.82, 2.24) is 4.90 Å². The lowest BCUT2D eigenvalue weighted by atomic mass is 10.2. The van der Waals surface area contributed by atoms with Gasteiger partial charge in [-0.1, -0.05) is 36.4 Å². The number of halogens is 3. The van der Waals surface area contributed by atoms with E-state index in [1.54, 1.807) is 35.2 Å². The van der Waals surface area contributed by atoms with E-state index in [1.807, 2.05) is 30.3 Å². The Balaban J connectivity index is 1.54. The summed E-state index contributed by atoms with van der Waals surface area (Å²) < 4.78 is 44.8. The number of carbonyl (C=O) groups excluding carboxylic acids is 1. The average molecular weight is 393 g/mol. The van der Waals surface area contributed by atoms with Crippen molar-refractivity contribution >= 4 is 17.5 Å². The summed E-state index contributed by atoms with van der Waals surface area (Å²) in [5.74, 6) is 0. The first-order chi connectivity index (χ1) is 13.4. The molecule has 1 atom stereocenters. The molecule has 1 aliphatic heterocycles. The van der Waals surface area contributed by atoms with Gasteiger partial charge >= 0.3 is 12.3 Å². The van der Waals surface area contributed by atoms with Gasteiger partial charge in [0.05, 0.1) is 0 Å². The molecule has 0 radical (unpaired) electrons. The number of hydrogen-bond acceptors (Lipinski definition) is 4. The quantitative estimate of drug-likeness (QED) is 0.835. The van der Waals surface area contributed by atoms with Gasteiger partial charge in [0.2, 0.25) is 6.10 Å². The van der Waals surface area contributed by atoms with Gasteiger partial charge in [0, 0.05) is 44.1 Å². The fraction of sp³-hybridized carbons (Fsp3) is 0.350. The first kappa shape index (κ1) is 20.0. The van der Waals surface area contributed by atoms with Crippen LogP contribution in [0, 0.1) is 0 Å². The molecule has 2 aromatic rings. The predicted octanol–water partition coefficient (Wildman–Crippen LogP) is 3.99. The number of carbonyl (C=O) groups is 1. The van der Waals surface area contributed by atoms with Crippen molar-refractivity contribution in [2.45, 2.75) is 12.3 Å². The van der Waals surface area contributed by atoms with E-state index in [4.69, 9.17) is 4.74 Å². The number of anilines is 2. The van der Waals surface area contributed by atoms with Crippen molar-refractivity contribution < 1.29 is 22.7 Å². The fourth-order valence-electron chi connectivity index (χ4n) is 3.07. The zero-order valence-electron chi connectivity index (χ0n) is 15.2. The molecule has 1 saturated heterocycles. The van der Waals surface area contributed by atoms with Gasteiger partial charge in [0.25, 0.3) is 0 Å². The highest BCUT2D eigenvalue weighted by molar-refractivity contribution is 5.84. The minimum absolute atomic E-state index is 0.380. The van der Waals surface area contributed by atoms with E-state index in [9.17, 15) is 18.0 Å². The molecule has 0 aromatic heterocycles. The second-order valence-electron chi connectivity index (χ2n) is 6.55. The summed E-state index contributed by atoms with van der Waals surface area (Å²) in [5, 5.41) is 2.32. The molecule has 1 N–H and O–H groups in total.